The van der Waals surface area contributed by atoms with Gasteiger partial charge in [-0.15, -0.1) is 5.10 Å². The van der Waals surface area contributed by atoms with Crippen molar-refractivity contribution >= 4 is 40.1 Å². The molecule has 0 aliphatic carbocycles. The van der Waals surface area contributed by atoms with Gasteiger partial charge in [0.2, 0.25) is 0 Å². The Morgan fingerprint density at radius 1 is 1.05 bits per heavy atom. The van der Waals surface area contributed by atoms with E-state index in [9.17, 15) is 31.5 Å². The third-order valence-corrected chi connectivity index (χ3v) is 6.54. The number of rotatable bonds is 8. The smallest absolute Gasteiger partial charge is 0.350 e. The van der Waals surface area contributed by atoms with Crippen LogP contribution in [0.2, 0.25) is 0 Å². The Morgan fingerprint density at radius 3 is 2.40 bits per heavy atom. The highest BCUT2D eigenvalue weighted by atomic mass is 127. The largest absolute Gasteiger partial charge is 0.459 e. The van der Waals surface area contributed by atoms with Gasteiger partial charge < -0.3 is 10.6 Å². The molecule has 2 N–H and O–H groups in total. The lowest BCUT2D eigenvalue weighted by Gasteiger charge is -2.16. The Balaban J connectivity index is 1.73. The molecule has 16 heteroatoms. The number of carbonyl (C=O) groups excluding carboxylic acids is 2. The second-order valence-corrected chi connectivity index (χ2v) is 10.9. The van der Waals surface area contributed by atoms with Crippen LogP contribution in [0.3, 0.4) is 0 Å². The Hall–Kier alpha value is -3.96. The first-order valence-electron chi connectivity index (χ1n) is 12.4. The van der Waals surface area contributed by atoms with Crippen LogP contribution in [0.5, 0.6) is 0 Å². The monoisotopic (exact) mass is 702 g/mol. The van der Waals surface area contributed by atoms with E-state index in [1.54, 1.807) is 52.0 Å². The average Bonchev–Trinajstić information content (AvgIpc) is 3.52. The van der Waals surface area contributed by atoms with Crippen LogP contribution in [-0.2, 0) is 12.5 Å². The fourth-order valence-corrected chi connectivity index (χ4v) is 4.74. The Morgan fingerprint density at radius 2 is 1.76 bits per heavy atom. The average molecular weight is 702 g/mol. The van der Waals surface area contributed by atoms with Crippen LogP contribution in [0, 0.1) is 17.4 Å². The van der Waals surface area contributed by atoms with Gasteiger partial charge in [-0.2, -0.15) is 27.1 Å². The number of pyridine rings is 1. The van der Waals surface area contributed by atoms with Gasteiger partial charge >= 0.3 is 12.1 Å². The second kappa shape index (κ2) is 11.7. The Labute approximate surface area is 249 Å². The molecule has 0 aliphatic rings. The number of alkyl halides is 5. The number of carbonyl (C=O) groups is 2. The highest BCUT2D eigenvalue weighted by Crippen LogP contribution is 2.42. The zero-order valence-corrected chi connectivity index (χ0v) is 24.8. The number of aromatic nitrogens is 6. The minimum Gasteiger partial charge on any atom is -0.350 e. The van der Waals surface area contributed by atoms with Crippen LogP contribution in [0.1, 0.15) is 57.2 Å². The van der Waals surface area contributed by atoms with Crippen molar-refractivity contribution in [2.24, 2.45) is 0 Å². The normalized spacial score (nSPS) is 12.1. The molecule has 0 radical (unpaired) electrons. The van der Waals surface area contributed by atoms with Crippen LogP contribution >= 0.6 is 22.6 Å². The van der Waals surface area contributed by atoms with Crippen molar-refractivity contribution in [3.8, 4) is 5.82 Å². The highest BCUT2D eigenvalue weighted by molar-refractivity contribution is 14.1. The number of nitrogens with zero attached hydrogens (tertiary/aromatic N) is 6. The first-order chi connectivity index (χ1) is 19.6. The van der Waals surface area contributed by atoms with E-state index in [0.717, 1.165) is 8.25 Å². The number of amides is 2. The van der Waals surface area contributed by atoms with Crippen molar-refractivity contribution in [1.29, 1.82) is 0 Å². The van der Waals surface area contributed by atoms with Gasteiger partial charge in [0, 0.05) is 15.8 Å². The summed E-state index contributed by atoms with van der Waals surface area (Å²) in [4.78, 5) is 30.9. The molecule has 0 unspecified atom stereocenters. The van der Waals surface area contributed by atoms with E-state index in [4.69, 9.17) is 0 Å². The summed E-state index contributed by atoms with van der Waals surface area (Å²) in [6, 6.07) is 7.98. The van der Waals surface area contributed by atoms with E-state index in [1.165, 1.54) is 16.9 Å². The van der Waals surface area contributed by atoms with E-state index < -0.39 is 29.6 Å². The molecular formula is C26H24F5IN8O2. The number of benzene rings is 1. The number of hydrogen-bond donors (Lipinski definition) is 2. The summed E-state index contributed by atoms with van der Waals surface area (Å²) in [6.07, 6.45) is -3.91. The van der Waals surface area contributed by atoms with Gasteiger partial charge in [-0.25, -0.2) is 14.3 Å². The van der Waals surface area contributed by atoms with Crippen LogP contribution in [-0.4, -0.2) is 53.8 Å². The summed E-state index contributed by atoms with van der Waals surface area (Å²) in [5, 5.41) is 16.3. The summed E-state index contributed by atoms with van der Waals surface area (Å²) in [5.74, 6) is -6.00. The number of nitrogens with one attached hydrogen (secondary N) is 2. The zero-order chi connectivity index (χ0) is 31.0. The fraction of sp³-hybridized carbons (Fsp3) is 0.308. The van der Waals surface area contributed by atoms with Crippen molar-refractivity contribution in [1.82, 2.24) is 35.1 Å². The molecule has 3 heterocycles. The molecule has 0 atom stereocenters. The molecule has 222 valence electrons. The SMILES string of the molecule is Cc1cccnc1-n1nc(Cn2cc(C(F)(F)C(F)(F)F)nn2)cc1C(=O)Nc1c(C)cc(I)cc1C(=O)NC(C)C. The topological polar surface area (TPSA) is 120 Å². The van der Waals surface area contributed by atoms with Gasteiger partial charge in [-0.3, -0.25) is 9.59 Å². The summed E-state index contributed by atoms with van der Waals surface area (Å²) in [7, 11) is 0. The van der Waals surface area contributed by atoms with Gasteiger partial charge in [0.15, 0.2) is 11.5 Å². The molecule has 10 nitrogen and oxygen atoms in total. The first-order valence-corrected chi connectivity index (χ1v) is 13.4. The summed E-state index contributed by atoms with van der Waals surface area (Å²) < 4.78 is 68.5. The summed E-state index contributed by atoms with van der Waals surface area (Å²) in [5.41, 5.74) is 0.231. The number of halogens is 6. The first kappa shape index (κ1) is 31.0. The van der Waals surface area contributed by atoms with Gasteiger partial charge in [0.1, 0.15) is 5.69 Å². The van der Waals surface area contributed by atoms with Crippen LogP contribution in [0.4, 0.5) is 27.6 Å². The van der Waals surface area contributed by atoms with Crippen molar-refractivity contribution in [3.63, 3.8) is 0 Å². The van der Waals surface area contributed by atoms with Gasteiger partial charge in [0.05, 0.1) is 29.7 Å². The molecule has 4 aromatic rings. The van der Waals surface area contributed by atoms with E-state index in [2.05, 4.69) is 53.6 Å². The Bertz CT molecular complexity index is 1650. The third-order valence-electron chi connectivity index (χ3n) is 5.92. The number of hydrogen-bond acceptors (Lipinski definition) is 6. The molecule has 4 rings (SSSR count). The number of anilines is 1. The van der Waals surface area contributed by atoms with Crippen molar-refractivity contribution in [3.05, 3.63) is 80.1 Å². The molecule has 42 heavy (non-hydrogen) atoms. The lowest BCUT2D eigenvalue weighted by atomic mass is 10.1. The number of aryl methyl sites for hydroxylation is 2. The fourth-order valence-electron chi connectivity index (χ4n) is 3.97. The molecule has 0 aliphatic heterocycles. The van der Waals surface area contributed by atoms with Crippen LogP contribution < -0.4 is 10.6 Å². The van der Waals surface area contributed by atoms with Gasteiger partial charge in [0.25, 0.3) is 11.8 Å². The molecule has 0 saturated heterocycles. The van der Waals surface area contributed by atoms with E-state index in [-0.39, 0.29) is 41.0 Å². The molecule has 0 saturated carbocycles. The van der Waals surface area contributed by atoms with E-state index >= 15 is 0 Å². The minimum absolute atomic E-state index is 0.0408. The molecule has 0 fully saturated rings. The predicted molar refractivity (Wildman–Crippen MR) is 150 cm³/mol. The van der Waals surface area contributed by atoms with Gasteiger partial charge in [-0.1, -0.05) is 11.3 Å². The second-order valence-electron chi connectivity index (χ2n) is 9.68. The van der Waals surface area contributed by atoms with Crippen molar-refractivity contribution < 1.29 is 31.5 Å². The highest BCUT2D eigenvalue weighted by Gasteiger charge is 2.60. The van der Waals surface area contributed by atoms with E-state index in [1.807, 2.05) is 0 Å². The lowest BCUT2D eigenvalue weighted by molar-refractivity contribution is -0.291. The standard InChI is InChI=1S/C26H24F5IN8O2/c1-13(2)34-23(41)18-9-16(32)8-15(4)21(18)35-24(42)19-10-17(37-40(19)22-14(3)6-5-7-33-22)11-39-12-20(36-38-39)25(27,28)26(29,30)31/h5-10,12-13H,11H2,1-4H3,(H,34,41)(H,35,42). The maximum absolute atomic E-state index is 13.7. The van der Waals surface area contributed by atoms with Gasteiger partial charge in [-0.05, 0) is 85.7 Å². The third kappa shape index (κ3) is 6.42. The minimum atomic E-state index is -5.85. The molecule has 0 spiro atoms. The predicted octanol–water partition coefficient (Wildman–Crippen LogP) is 5.17. The summed E-state index contributed by atoms with van der Waals surface area (Å²) in [6.45, 7) is 6.67. The molecule has 1 aromatic carbocycles. The maximum Gasteiger partial charge on any atom is 0.459 e. The van der Waals surface area contributed by atoms with Crippen LogP contribution in [0.15, 0.2) is 42.7 Å². The molecule has 3 aromatic heterocycles. The van der Waals surface area contributed by atoms with Crippen molar-refractivity contribution in [2.45, 2.75) is 52.4 Å². The van der Waals surface area contributed by atoms with Crippen molar-refractivity contribution in [2.75, 3.05) is 5.32 Å². The summed E-state index contributed by atoms with van der Waals surface area (Å²) >= 11 is 2.06. The molecular weight excluding hydrogens is 678 g/mol. The van der Waals surface area contributed by atoms with Crippen LogP contribution in [0.25, 0.3) is 5.82 Å². The zero-order valence-electron chi connectivity index (χ0n) is 22.6. The lowest BCUT2D eigenvalue weighted by Crippen LogP contribution is -2.34. The quantitative estimate of drug-likeness (QED) is 0.193. The molecule has 2 amide bonds. The Kier molecular flexibility index (Phi) is 8.65. The maximum atomic E-state index is 13.7. The van der Waals surface area contributed by atoms with E-state index in [0.29, 0.717) is 17.3 Å². The molecule has 0 bridgehead atoms.